The lowest BCUT2D eigenvalue weighted by molar-refractivity contribution is 0.0985. The standard InChI is InChI=1S/C24H20Cl3N3O2/c1-29-8-9-30(22-5-3-2-4-15(22)14-29)24(32)20-7-6-19(13-21(20)27)28-23(31)16-10-17(25)12-18(26)11-16/h2-7,10-13H,8-9,14H2,1H3,(H,28,31). The Bertz CT molecular complexity index is 1180. The van der Waals surface area contributed by atoms with Crippen LogP contribution in [0, 0.1) is 0 Å². The third kappa shape index (κ3) is 4.92. The number of carbonyl (C=O) groups is 2. The van der Waals surface area contributed by atoms with Crippen molar-refractivity contribution in [1.29, 1.82) is 0 Å². The van der Waals surface area contributed by atoms with E-state index in [0.717, 1.165) is 24.3 Å². The molecule has 1 heterocycles. The van der Waals surface area contributed by atoms with Gasteiger partial charge in [-0.1, -0.05) is 53.0 Å². The lowest BCUT2D eigenvalue weighted by Gasteiger charge is -2.23. The molecule has 32 heavy (non-hydrogen) atoms. The monoisotopic (exact) mass is 487 g/mol. The van der Waals surface area contributed by atoms with Gasteiger partial charge in [-0.05, 0) is 55.1 Å². The Hall–Kier alpha value is -2.57. The van der Waals surface area contributed by atoms with Gasteiger partial charge in [0.15, 0.2) is 0 Å². The van der Waals surface area contributed by atoms with Crippen molar-refractivity contribution in [2.24, 2.45) is 0 Å². The van der Waals surface area contributed by atoms with Gasteiger partial charge in [-0.25, -0.2) is 0 Å². The van der Waals surface area contributed by atoms with Crippen LogP contribution in [0.3, 0.4) is 0 Å². The Morgan fingerprint density at radius 3 is 2.34 bits per heavy atom. The van der Waals surface area contributed by atoms with E-state index in [4.69, 9.17) is 34.8 Å². The van der Waals surface area contributed by atoms with E-state index in [0.29, 0.717) is 33.4 Å². The van der Waals surface area contributed by atoms with Crippen molar-refractivity contribution >= 4 is 58.0 Å². The minimum atomic E-state index is -0.381. The number of halogens is 3. The van der Waals surface area contributed by atoms with Gasteiger partial charge in [0.25, 0.3) is 11.8 Å². The second kappa shape index (κ2) is 9.51. The molecule has 3 aromatic rings. The molecule has 0 spiro atoms. The van der Waals surface area contributed by atoms with Crippen LogP contribution in [-0.2, 0) is 6.54 Å². The normalized spacial score (nSPS) is 13.9. The van der Waals surface area contributed by atoms with Gasteiger partial charge in [-0.3, -0.25) is 9.59 Å². The zero-order valence-corrected chi connectivity index (χ0v) is 19.5. The van der Waals surface area contributed by atoms with Gasteiger partial charge in [0.2, 0.25) is 0 Å². The summed E-state index contributed by atoms with van der Waals surface area (Å²) in [6, 6.07) is 17.3. The fraction of sp³-hybridized carbons (Fsp3) is 0.167. The number of benzene rings is 3. The first kappa shape index (κ1) is 22.6. The number of amides is 2. The molecule has 0 unspecified atom stereocenters. The van der Waals surface area contributed by atoms with Crippen molar-refractivity contribution in [3.05, 3.63) is 92.4 Å². The van der Waals surface area contributed by atoms with Crippen molar-refractivity contribution < 1.29 is 9.59 Å². The molecule has 1 aliphatic heterocycles. The van der Waals surface area contributed by atoms with Crippen molar-refractivity contribution in [2.45, 2.75) is 6.54 Å². The largest absolute Gasteiger partial charge is 0.322 e. The number of carbonyl (C=O) groups excluding carboxylic acids is 2. The fourth-order valence-electron chi connectivity index (χ4n) is 3.68. The maximum absolute atomic E-state index is 13.4. The Kier molecular flexibility index (Phi) is 6.72. The van der Waals surface area contributed by atoms with Crippen molar-refractivity contribution in [1.82, 2.24) is 4.90 Å². The smallest absolute Gasteiger partial charge is 0.259 e. The third-order valence-electron chi connectivity index (χ3n) is 5.26. The Morgan fingerprint density at radius 2 is 1.62 bits per heavy atom. The molecule has 0 atom stereocenters. The highest BCUT2D eigenvalue weighted by molar-refractivity contribution is 6.36. The molecular formula is C24H20Cl3N3O2. The minimum absolute atomic E-state index is 0.183. The summed E-state index contributed by atoms with van der Waals surface area (Å²) in [5.41, 5.74) is 3.12. The van der Waals surface area contributed by atoms with Crippen LogP contribution in [0.2, 0.25) is 15.1 Å². The lowest BCUT2D eigenvalue weighted by atomic mass is 10.1. The fourth-order valence-corrected chi connectivity index (χ4v) is 4.47. The van der Waals surface area contributed by atoms with Crippen LogP contribution in [-0.4, -0.2) is 36.9 Å². The van der Waals surface area contributed by atoms with Crippen LogP contribution in [0.1, 0.15) is 26.3 Å². The summed E-state index contributed by atoms with van der Waals surface area (Å²) in [5.74, 6) is -0.564. The van der Waals surface area contributed by atoms with Gasteiger partial charge in [0.1, 0.15) is 0 Å². The first-order valence-corrected chi connectivity index (χ1v) is 11.1. The molecule has 0 aromatic heterocycles. The van der Waals surface area contributed by atoms with Gasteiger partial charge >= 0.3 is 0 Å². The van der Waals surface area contributed by atoms with Crippen LogP contribution in [0.25, 0.3) is 0 Å². The molecule has 4 rings (SSSR count). The number of hydrogen-bond donors (Lipinski definition) is 1. The molecule has 2 amide bonds. The molecule has 5 nitrogen and oxygen atoms in total. The summed E-state index contributed by atoms with van der Waals surface area (Å²) in [5, 5.41) is 3.75. The summed E-state index contributed by atoms with van der Waals surface area (Å²) < 4.78 is 0. The lowest BCUT2D eigenvalue weighted by Crippen LogP contribution is -2.35. The number of likely N-dealkylation sites (N-methyl/N-ethyl adjacent to an activating group) is 1. The molecule has 0 fully saturated rings. The number of fused-ring (bicyclic) bond motifs is 1. The van der Waals surface area contributed by atoms with E-state index < -0.39 is 0 Å². The Labute approximate surface area is 201 Å². The summed E-state index contributed by atoms with van der Waals surface area (Å²) in [6.07, 6.45) is 0. The zero-order valence-electron chi connectivity index (χ0n) is 17.2. The van der Waals surface area contributed by atoms with E-state index in [2.05, 4.69) is 10.2 Å². The van der Waals surface area contributed by atoms with E-state index in [1.807, 2.05) is 31.3 Å². The van der Waals surface area contributed by atoms with Gasteiger partial charge in [0, 0.05) is 46.6 Å². The molecule has 3 aromatic carbocycles. The van der Waals surface area contributed by atoms with Crippen molar-refractivity contribution in [2.75, 3.05) is 30.4 Å². The number of nitrogens with zero attached hydrogens (tertiary/aromatic N) is 2. The molecule has 1 aliphatic rings. The summed E-state index contributed by atoms with van der Waals surface area (Å²) >= 11 is 18.4. The van der Waals surface area contributed by atoms with E-state index in [1.165, 1.54) is 12.1 Å². The average Bonchev–Trinajstić information content (AvgIpc) is 2.91. The number of hydrogen-bond acceptors (Lipinski definition) is 3. The quantitative estimate of drug-likeness (QED) is 0.492. The van der Waals surface area contributed by atoms with E-state index in [1.54, 1.807) is 29.2 Å². The highest BCUT2D eigenvalue weighted by Gasteiger charge is 2.25. The molecule has 1 N–H and O–H groups in total. The molecule has 8 heteroatoms. The molecule has 0 saturated heterocycles. The molecule has 0 radical (unpaired) electrons. The van der Waals surface area contributed by atoms with E-state index >= 15 is 0 Å². The zero-order chi connectivity index (χ0) is 22.8. The predicted octanol–water partition coefficient (Wildman–Crippen LogP) is 5.99. The molecule has 0 aliphatic carbocycles. The summed E-state index contributed by atoms with van der Waals surface area (Å²) in [4.78, 5) is 29.9. The van der Waals surface area contributed by atoms with Crippen LogP contribution >= 0.6 is 34.8 Å². The van der Waals surface area contributed by atoms with E-state index in [9.17, 15) is 9.59 Å². The predicted molar refractivity (Wildman–Crippen MR) is 130 cm³/mol. The SMILES string of the molecule is CN1CCN(C(=O)c2ccc(NC(=O)c3cc(Cl)cc(Cl)c3)cc2Cl)c2ccccc2C1. The topological polar surface area (TPSA) is 52.6 Å². The molecule has 0 saturated carbocycles. The molecule has 0 bridgehead atoms. The minimum Gasteiger partial charge on any atom is -0.322 e. The summed E-state index contributed by atoms with van der Waals surface area (Å²) in [6.45, 7) is 2.07. The maximum atomic E-state index is 13.4. The number of rotatable bonds is 3. The number of para-hydroxylation sites is 1. The van der Waals surface area contributed by atoms with E-state index in [-0.39, 0.29) is 16.8 Å². The van der Waals surface area contributed by atoms with Gasteiger partial charge in [-0.2, -0.15) is 0 Å². The highest BCUT2D eigenvalue weighted by atomic mass is 35.5. The maximum Gasteiger partial charge on any atom is 0.259 e. The average molecular weight is 489 g/mol. The van der Waals surface area contributed by atoms with Gasteiger partial charge in [-0.15, -0.1) is 0 Å². The third-order valence-corrected chi connectivity index (χ3v) is 6.00. The van der Waals surface area contributed by atoms with Crippen LogP contribution in [0.4, 0.5) is 11.4 Å². The van der Waals surface area contributed by atoms with Crippen LogP contribution in [0.15, 0.2) is 60.7 Å². The second-order valence-electron chi connectivity index (χ2n) is 7.63. The van der Waals surface area contributed by atoms with Crippen molar-refractivity contribution in [3.63, 3.8) is 0 Å². The van der Waals surface area contributed by atoms with Crippen molar-refractivity contribution in [3.8, 4) is 0 Å². The Balaban J connectivity index is 1.57. The first-order chi connectivity index (χ1) is 15.3. The van der Waals surface area contributed by atoms with Crippen LogP contribution < -0.4 is 10.2 Å². The van der Waals surface area contributed by atoms with Crippen LogP contribution in [0.5, 0.6) is 0 Å². The number of anilines is 2. The van der Waals surface area contributed by atoms with Gasteiger partial charge < -0.3 is 15.1 Å². The number of nitrogens with one attached hydrogen (secondary N) is 1. The molecular weight excluding hydrogens is 469 g/mol. The highest BCUT2D eigenvalue weighted by Crippen LogP contribution is 2.29. The molecule has 164 valence electrons. The van der Waals surface area contributed by atoms with Gasteiger partial charge in [0.05, 0.1) is 10.6 Å². The Morgan fingerprint density at radius 1 is 0.906 bits per heavy atom. The first-order valence-electron chi connectivity index (χ1n) is 9.97. The summed E-state index contributed by atoms with van der Waals surface area (Å²) in [7, 11) is 2.03. The second-order valence-corrected chi connectivity index (χ2v) is 8.91.